The second-order valence-corrected chi connectivity index (χ2v) is 5.20. The number of nitrogens with zero attached hydrogens (tertiary/aromatic N) is 6. The predicted molar refractivity (Wildman–Crippen MR) is 72.9 cm³/mol. The molecule has 2 heterocycles. The highest BCUT2D eigenvalue weighted by molar-refractivity contribution is 5.81. The minimum Gasteiger partial charge on any atom is -0.429 e. The summed E-state index contributed by atoms with van der Waals surface area (Å²) in [6.45, 7) is 0.938. The van der Waals surface area contributed by atoms with E-state index in [-0.39, 0.29) is 18.0 Å². The highest BCUT2D eigenvalue weighted by Gasteiger charge is 2.73. The van der Waals surface area contributed by atoms with Crippen molar-refractivity contribution in [2.45, 2.75) is 50.4 Å². The van der Waals surface area contributed by atoms with Crippen molar-refractivity contribution in [3.8, 4) is 0 Å². The van der Waals surface area contributed by atoms with Gasteiger partial charge in [0.15, 0.2) is 0 Å². The van der Waals surface area contributed by atoms with E-state index in [1.807, 2.05) is 0 Å². The third kappa shape index (κ3) is 3.58. The van der Waals surface area contributed by atoms with Crippen LogP contribution in [0.2, 0.25) is 0 Å². The van der Waals surface area contributed by atoms with Gasteiger partial charge >= 0.3 is 5.97 Å². The maximum atomic E-state index is 11.5. The van der Waals surface area contributed by atoms with Crippen LogP contribution in [0.25, 0.3) is 20.9 Å². The van der Waals surface area contributed by atoms with Gasteiger partial charge in [0.25, 0.3) is 5.79 Å². The van der Waals surface area contributed by atoms with Gasteiger partial charge in [-0.25, -0.2) is 0 Å². The van der Waals surface area contributed by atoms with Crippen molar-refractivity contribution in [2.75, 3.05) is 13.1 Å². The molecule has 1 spiro atoms. The van der Waals surface area contributed by atoms with Gasteiger partial charge in [-0.1, -0.05) is 23.1 Å². The minimum absolute atomic E-state index is 0.0246. The number of azide groups is 2. The molecule has 0 unspecified atom stereocenters. The van der Waals surface area contributed by atoms with Crippen molar-refractivity contribution in [1.82, 2.24) is 0 Å². The van der Waals surface area contributed by atoms with Crippen LogP contribution in [-0.2, 0) is 14.3 Å². The van der Waals surface area contributed by atoms with Crippen molar-refractivity contribution >= 4 is 5.97 Å². The average Bonchev–Trinajstić information content (AvgIpc) is 3.18. The highest BCUT2D eigenvalue weighted by atomic mass is 16.8. The molecule has 0 radical (unpaired) electrons. The Bertz CT molecular complexity index is 485. The van der Waals surface area contributed by atoms with E-state index >= 15 is 0 Å². The first kappa shape index (κ1) is 15.4. The zero-order valence-corrected chi connectivity index (χ0v) is 11.7. The maximum absolute atomic E-state index is 11.5. The SMILES string of the molecule is [N-]=[N+]=NCCCC[C@@H]1O[C@]12OC(=O)[C@@H]2CCCCN=[N+]=[N-]. The fourth-order valence-corrected chi connectivity index (χ4v) is 2.70. The second kappa shape index (κ2) is 7.17. The largest absolute Gasteiger partial charge is 0.429 e. The fourth-order valence-electron chi connectivity index (χ4n) is 2.70. The summed E-state index contributed by atoms with van der Waals surface area (Å²) < 4.78 is 10.8. The molecule has 0 amide bonds. The summed E-state index contributed by atoms with van der Waals surface area (Å²) in [6.07, 6.45) is 4.76. The molecule has 0 aromatic heterocycles. The summed E-state index contributed by atoms with van der Waals surface area (Å²) in [4.78, 5) is 16.9. The van der Waals surface area contributed by atoms with Crippen LogP contribution in [0, 0.1) is 5.92 Å². The second-order valence-electron chi connectivity index (χ2n) is 5.20. The number of carbonyl (C=O) groups is 1. The normalized spacial score (nSPS) is 29.0. The van der Waals surface area contributed by atoms with E-state index in [1.165, 1.54) is 0 Å². The molecule has 114 valence electrons. The first-order valence-corrected chi connectivity index (χ1v) is 7.17. The lowest BCUT2D eigenvalue weighted by molar-refractivity contribution is -0.211. The molecular weight excluding hydrogens is 276 g/mol. The molecule has 9 heteroatoms. The van der Waals surface area contributed by atoms with Crippen molar-refractivity contribution in [3.05, 3.63) is 20.9 Å². The van der Waals surface area contributed by atoms with Crippen molar-refractivity contribution in [1.29, 1.82) is 0 Å². The van der Waals surface area contributed by atoms with Crippen LogP contribution in [0.15, 0.2) is 10.2 Å². The van der Waals surface area contributed by atoms with Gasteiger partial charge in [-0.15, -0.1) is 0 Å². The zero-order valence-electron chi connectivity index (χ0n) is 11.7. The Morgan fingerprint density at radius 2 is 1.67 bits per heavy atom. The number of epoxide rings is 1. The van der Waals surface area contributed by atoms with Crippen LogP contribution >= 0.6 is 0 Å². The number of carbonyl (C=O) groups excluding carboxylic acids is 1. The number of hydrogen-bond donors (Lipinski definition) is 0. The van der Waals surface area contributed by atoms with Gasteiger partial charge in [0, 0.05) is 22.9 Å². The summed E-state index contributed by atoms with van der Waals surface area (Å²) in [5, 5.41) is 6.93. The van der Waals surface area contributed by atoms with Crippen molar-refractivity contribution < 1.29 is 14.3 Å². The predicted octanol–water partition coefficient (Wildman–Crippen LogP) is 3.22. The standard InChI is InChI=1S/C12H18N6O3/c13-17-15-7-3-1-5-9-11(19)21-12(9)10(20-12)6-2-4-8-16-18-14/h9-10H,1-8H2/t9-,10-,12+/m0/s1. The monoisotopic (exact) mass is 294 g/mol. The van der Waals surface area contributed by atoms with Crippen LogP contribution in [0.3, 0.4) is 0 Å². The molecule has 21 heavy (non-hydrogen) atoms. The van der Waals surface area contributed by atoms with E-state index in [0.29, 0.717) is 19.5 Å². The average molecular weight is 294 g/mol. The molecule has 0 aliphatic carbocycles. The number of ether oxygens (including phenoxy) is 2. The third-order valence-corrected chi connectivity index (χ3v) is 3.85. The first-order valence-electron chi connectivity index (χ1n) is 7.17. The van der Waals surface area contributed by atoms with Crippen LogP contribution in [0.4, 0.5) is 0 Å². The molecule has 2 aliphatic heterocycles. The van der Waals surface area contributed by atoms with Crippen LogP contribution in [-0.4, -0.2) is 30.9 Å². The summed E-state index contributed by atoms with van der Waals surface area (Å²) >= 11 is 0. The van der Waals surface area contributed by atoms with E-state index < -0.39 is 5.79 Å². The van der Waals surface area contributed by atoms with Gasteiger partial charge in [0.1, 0.15) is 12.0 Å². The smallest absolute Gasteiger partial charge is 0.318 e. The molecule has 0 N–H and O–H groups in total. The highest BCUT2D eigenvalue weighted by Crippen LogP contribution is 2.55. The molecule has 2 aliphatic rings. The van der Waals surface area contributed by atoms with E-state index in [9.17, 15) is 4.79 Å². The zero-order chi connectivity index (χ0) is 15.1. The van der Waals surface area contributed by atoms with Crippen molar-refractivity contribution in [3.63, 3.8) is 0 Å². The van der Waals surface area contributed by atoms with Crippen LogP contribution in [0.5, 0.6) is 0 Å². The topological polar surface area (TPSA) is 136 Å². The van der Waals surface area contributed by atoms with Gasteiger partial charge < -0.3 is 9.47 Å². The lowest BCUT2D eigenvalue weighted by Crippen LogP contribution is -2.50. The molecular formula is C12H18N6O3. The third-order valence-electron chi connectivity index (χ3n) is 3.85. The summed E-state index contributed by atoms with van der Waals surface area (Å²) in [6, 6.07) is 0. The van der Waals surface area contributed by atoms with E-state index in [4.69, 9.17) is 20.5 Å². The molecule has 0 aromatic rings. The van der Waals surface area contributed by atoms with Crippen LogP contribution < -0.4 is 0 Å². The fraction of sp³-hybridized carbons (Fsp3) is 0.917. The van der Waals surface area contributed by atoms with Gasteiger partial charge in [0.05, 0.1) is 0 Å². The molecule has 2 saturated heterocycles. The molecule has 0 saturated carbocycles. The Balaban J connectivity index is 1.65. The van der Waals surface area contributed by atoms with Crippen LogP contribution in [0.1, 0.15) is 38.5 Å². The maximum Gasteiger partial charge on any atom is 0.318 e. The molecule has 2 rings (SSSR count). The van der Waals surface area contributed by atoms with E-state index in [2.05, 4.69) is 20.1 Å². The minimum atomic E-state index is -0.686. The number of esters is 1. The molecule has 9 nitrogen and oxygen atoms in total. The summed E-state index contributed by atoms with van der Waals surface area (Å²) in [5.41, 5.74) is 16.3. The Hall–Kier alpha value is -1.95. The quantitative estimate of drug-likeness (QED) is 0.153. The summed E-state index contributed by atoms with van der Waals surface area (Å²) in [5.74, 6) is -1.07. The van der Waals surface area contributed by atoms with Crippen molar-refractivity contribution in [2.24, 2.45) is 16.1 Å². The molecule has 2 fully saturated rings. The number of hydrogen-bond acceptors (Lipinski definition) is 5. The number of unbranched alkanes of at least 4 members (excludes halogenated alkanes) is 2. The lowest BCUT2D eigenvalue weighted by Gasteiger charge is -2.33. The molecule has 3 atom stereocenters. The first-order chi connectivity index (χ1) is 10.2. The van der Waals surface area contributed by atoms with E-state index in [0.717, 1.165) is 32.1 Å². The Morgan fingerprint density at radius 3 is 2.24 bits per heavy atom. The van der Waals surface area contributed by atoms with Gasteiger partial charge in [0.2, 0.25) is 0 Å². The molecule has 0 aromatic carbocycles. The molecule has 0 bridgehead atoms. The number of rotatable bonds is 10. The lowest BCUT2D eigenvalue weighted by atomic mass is 9.87. The Kier molecular flexibility index (Phi) is 5.27. The van der Waals surface area contributed by atoms with Gasteiger partial charge in [-0.3, -0.25) is 4.79 Å². The summed E-state index contributed by atoms with van der Waals surface area (Å²) in [7, 11) is 0. The Labute approximate surface area is 121 Å². The van der Waals surface area contributed by atoms with Gasteiger partial charge in [-0.2, -0.15) is 0 Å². The van der Waals surface area contributed by atoms with E-state index in [1.54, 1.807) is 0 Å². The van der Waals surface area contributed by atoms with Gasteiger partial charge in [-0.05, 0) is 36.7 Å². The Morgan fingerprint density at radius 1 is 1.05 bits per heavy atom.